The maximum atomic E-state index is 12.3. The van der Waals surface area contributed by atoms with Crippen molar-refractivity contribution in [3.63, 3.8) is 0 Å². The van der Waals surface area contributed by atoms with E-state index < -0.39 is 11.0 Å². The van der Waals surface area contributed by atoms with Gasteiger partial charge in [0.15, 0.2) is 0 Å². The molecule has 1 amide bonds. The Kier molecular flexibility index (Phi) is 4.23. The van der Waals surface area contributed by atoms with Gasteiger partial charge in [-0.1, -0.05) is 0 Å². The molecule has 1 heterocycles. The van der Waals surface area contributed by atoms with E-state index in [2.05, 4.69) is 24.4 Å². The lowest BCUT2D eigenvalue weighted by molar-refractivity contribution is -0.132. The minimum atomic E-state index is -0.604. The number of hydrogen-bond acceptors (Lipinski definition) is 3. The Hall–Kier alpha value is -0.870. The summed E-state index contributed by atoms with van der Waals surface area (Å²) in [4.78, 5) is 14.7. The molecule has 0 saturated carbocycles. The lowest BCUT2D eigenvalue weighted by Gasteiger charge is -2.37. The molecule has 4 heteroatoms. The van der Waals surface area contributed by atoms with Gasteiger partial charge < -0.3 is 11.1 Å². The van der Waals surface area contributed by atoms with Gasteiger partial charge in [-0.25, -0.2) is 0 Å². The van der Waals surface area contributed by atoms with Gasteiger partial charge in [-0.2, -0.15) is 0 Å². The van der Waals surface area contributed by atoms with E-state index in [1.54, 1.807) is 11.3 Å². The first-order chi connectivity index (χ1) is 8.05. The standard InChI is InChI=1S/C14H24N2OS/c1-9-7-8-11(18-9)10(2)16-12(17)13(3,4)14(5,6)15/h7-8,10H,15H2,1-6H3,(H,16,17). The maximum Gasteiger partial charge on any atom is 0.227 e. The molecule has 0 spiro atoms. The summed E-state index contributed by atoms with van der Waals surface area (Å²) in [6.45, 7) is 11.6. The SMILES string of the molecule is Cc1ccc(C(C)NC(=O)C(C)(C)C(C)(C)N)s1. The normalized spacial score (nSPS) is 14.4. The zero-order valence-electron chi connectivity index (χ0n) is 12.1. The van der Waals surface area contributed by atoms with Crippen LogP contribution in [-0.2, 0) is 4.79 Å². The highest BCUT2D eigenvalue weighted by molar-refractivity contribution is 7.12. The summed E-state index contributed by atoms with van der Waals surface area (Å²) in [5, 5.41) is 3.05. The van der Waals surface area contributed by atoms with Crippen LogP contribution in [0.3, 0.4) is 0 Å². The molecule has 1 rings (SSSR count). The van der Waals surface area contributed by atoms with Crippen molar-refractivity contribution in [2.45, 2.75) is 53.1 Å². The highest BCUT2D eigenvalue weighted by atomic mass is 32.1. The van der Waals surface area contributed by atoms with Crippen molar-refractivity contribution in [1.82, 2.24) is 5.32 Å². The van der Waals surface area contributed by atoms with Crippen LogP contribution in [0.1, 0.15) is 50.4 Å². The average Bonchev–Trinajstić information content (AvgIpc) is 2.62. The molecule has 1 aromatic heterocycles. The second-order valence-corrected chi connectivity index (χ2v) is 7.31. The highest BCUT2D eigenvalue weighted by Crippen LogP contribution is 2.30. The molecule has 1 unspecified atom stereocenters. The Balaban J connectivity index is 2.77. The van der Waals surface area contributed by atoms with Gasteiger partial charge in [-0.15, -0.1) is 11.3 Å². The van der Waals surface area contributed by atoms with Crippen LogP contribution in [0.5, 0.6) is 0 Å². The number of carbonyl (C=O) groups excluding carboxylic acids is 1. The smallest absolute Gasteiger partial charge is 0.227 e. The first kappa shape index (κ1) is 15.2. The second kappa shape index (κ2) is 5.02. The summed E-state index contributed by atoms with van der Waals surface area (Å²) in [7, 11) is 0. The quantitative estimate of drug-likeness (QED) is 0.882. The minimum absolute atomic E-state index is 0.00597. The Morgan fingerprint density at radius 2 is 1.89 bits per heavy atom. The second-order valence-electron chi connectivity index (χ2n) is 5.99. The molecule has 0 saturated heterocycles. The summed E-state index contributed by atoms with van der Waals surface area (Å²) in [5.41, 5.74) is 4.92. The third-order valence-electron chi connectivity index (χ3n) is 3.71. The third-order valence-corrected chi connectivity index (χ3v) is 4.90. The number of hydrogen-bond donors (Lipinski definition) is 2. The van der Waals surface area contributed by atoms with Crippen LogP contribution in [0.25, 0.3) is 0 Å². The van der Waals surface area contributed by atoms with E-state index in [9.17, 15) is 4.79 Å². The van der Waals surface area contributed by atoms with Crippen LogP contribution >= 0.6 is 11.3 Å². The lowest BCUT2D eigenvalue weighted by Crippen LogP contribution is -2.55. The Morgan fingerprint density at radius 3 is 2.28 bits per heavy atom. The monoisotopic (exact) mass is 268 g/mol. The number of rotatable bonds is 4. The van der Waals surface area contributed by atoms with Crippen molar-refractivity contribution in [2.75, 3.05) is 0 Å². The zero-order valence-corrected chi connectivity index (χ0v) is 12.9. The largest absolute Gasteiger partial charge is 0.348 e. The third kappa shape index (κ3) is 3.12. The summed E-state index contributed by atoms with van der Waals surface area (Å²) in [6.07, 6.45) is 0. The molecule has 3 N–H and O–H groups in total. The lowest BCUT2D eigenvalue weighted by atomic mass is 9.74. The number of amides is 1. The van der Waals surface area contributed by atoms with Crippen molar-refractivity contribution in [1.29, 1.82) is 0 Å². The van der Waals surface area contributed by atoms with E-state index in [1.807, 2.05) is 34.6 Å². The van der Waals surface area contributed by atoms with Crippen molar-refractivity contribution >= 4 is 17.2 Å². The van der Waals surface area contributed by atoms with Gasteiger partial charge in [-0.3, -0.25) is 4.79 Å². The maximum absolute atomic E-state index is 12.3. The van der Waals surface area contributed by atoms with Gasteiger partial charge in [0, 0.05) is 15.3 Å². The number of nitrogens with two attached hydrogens (primary N) is 1. The topological polar surface area (TPSA) is 55.1 Å². The van der Waals surface area contributed by atoms with E-state index >= 15 is 0 Å². The van der Waals surface area contributed by atoms with Crippen molar-refractivity contribution < 1.29 is 4.79 Å². The zero-order chi connectivity index (χ0) is 14.1. The van der Waals surface area contributed by atoms with Gasteiger partial charge in [-0.05, 0) is 53.7 Å². The average molecular weight is 268 g/mol. The Bertz CT molecular complexity index is 429. The van der Waals surface area contributed by atoms with Crippen molar-refractivity contribution in [3.05, 3.63) is 21.9 Å². The Morgan fingerprint density at radius 1 is 1.33 bits per heavy atom. The molecule has 0 radical (unpaired) electrons. The first-order valence-electron chi connectivity index (χ1n) is 6.22. The van der Waals surface area contributed by atoms with Crippen LogP contribution in [-0.4, -0.2) is 11.4 Å². The highest BCUT2D eigenvalue weighted by Gasteiger charge is 2.40. The van der Waals surface area contributed by atoms with Crippen molar-refractivity contribution in [3.8, 4) is 0 Å². The van der Waals surface area contributed by atoms with Gasteiger partial charge in [0.2, 0.25) is 5.91 Å². The van der Waals surface area contributed by atoms with Crippen LogP contribution in [0.4, 0.5) is 0 Å². The molecule has 0 aliphatic heterocycles. The first-order valence-corrected chi connectivity index (χ1v) is 7.03. The predicted octanol–water partition coefficient (Wildman–Crippen LogP) is 3.00. The molecule has 1 atom stereocenters. The molecule has 3 nitrogen and oxygen atoms in total. The van der Waals surface area contributed by atoms with Gasteiger partial charge in [0.25, 0.3) is 0 Å². The van der Waals surface area contributed by atoms with Gasteiger partial charge >= 0.3 is 0 Å². The molecule has 0 aromatic carbocycles. The van der Waals surface area contributed by atoms with Crippen LogP contribution < -0.4 is 11.1 Å². The Labute approximate surface area is 114 Å². The summed E-state index contributed by atoms with van der Waals surface area (Å²) in [6, 6.07) is 4.16. The minimum Gasteiger partial charge on any atom is -0.348 e. The molecular weight excluding hydrogens is 244 g/mol. The fraction of sp³-hybridized carbons (Fsp3) is 0.643. The van der Waals surface area contributed by atoms with E-state index in [1.165, 1.54) is 9.75 Å². The number of thiophene rings is 1. The van der Waals surface area contributed by atoms with Gasteiger partial charge in [0.05, 0.1) is 11.5 Å². The van der Waals surface area contributed by atoms with E-state index in [0.29, 0.717) is 0 Å². The van der Waals surface area contributed by atoms with E-state index in [4.69, 9.17) is 5.73 Å². The summed E-state index contributed by atoms with van der Waals surface area (Å²) < 4.78 is 0. The molecular formula is C14H24N2OS. The fourth-order valence-electron chi connectivity index (χ4n) is 1.43. The molecule has 0 bridgehead atoms. The molecule has 0 aliphatic rings. The number of nitrogens with one attached hydrogen (secondary N) is 1. The fourth-order valence-corrected chi connectivity index (χ4v) is 2.31. The predicted molar refractivity (Wildman–Crippen MR) is 77.7 cm³/mol. The molecule has 0 aliphatic carbocycles. The number of aryl methyl sites for hydroxylation is 1. The number of carbonyl (C=O) groups is 1. The summed E-state index contributed by atoms with van der Waals surface area (Å²) in [5.74, 6) is -0.00597. The summed E-state index contributed by atoms with van der Waals surface area (Å²) >= 11 is 1.71. The van der Waals surface area contributed by atoms with E-state index in [-0.39, 0.29) is 11.9 Å². The van der Waals surface area contributed by atoms with Crippen LogP contribution in [0, 0.1) is 12.3 Å². The molecule has 0 fully saturated rings. The molecule has 18 heavy (non-hydrogen) atoms. The van der Waals surface area contributed by atoms with E-state index in [0.717, 1.165) is 0 Å². The molecule has 102 valence electrons. The molecule has 1 aromatic rings. The van der Waals surface area contributed by atoms with Gasteiger partial charge in [0.1, 0.15) is 0 Å². The van der Waals surface area contributed by atoms with Crippen LogP contribution in [0.15, 0.2) is 12.1 Å². The van der Waals surface area contributed by atoms with Crippen molar-refractivity contribution in [2.24, 2.45) is 11.1 Å². The van der Waals surface area contributed by atoms with Crippen LogP contribution in [0.2, 0.25) is 0 Å².